The van der Waals surface area contributed by atoms with Crippen LogP contribution in [0, 0.1) is 11.3 Å². The molecule has 5 nitrogen and oxygen atoms in total. The summed E-state index contributed by atoms with van der Waals surface area (Å²) in [7, 11) is -3.36. The Hall–Kier alpha value is -0.620. The first-order chi connectivity index (χ1) is 9.44. The fourth-order valence-corrected chi connectivity index (χ4v) is 5.53. The van der Waals surface area contributed by atoms with Crippen LogP contribution in [-0.4, -0.2) is 25.5 Å². The van der Waals surface area contributed by atoms with E-state index in [1.807, 2.05) is 0 Å². The van der Waals surface area contributed by atoms with Crippen LogP contribution in [0.15, 0.2) is 0 Å². The van der Waals surface area contributed by atoms with E-state index in [1.54, 1.807) is 0 Å². The molecule has 116 valence electrons. The molecule has 0 radical (unpaired) electrons. The molecule has 0 aromatic heterocycles. The minimum atomic E-state index is -3.36. The lowest BCUT2D eigenvalue weighted by molar-refractivity contribution is 0.343. The molecule has 2 rings (SSSR count). The topological polar surface area (TPSA) is 96.0 Å². The first kappa shape index (κ1) is 15.8. The lowest BCUT2D eigenvalue weighted by Gasteiger charge is -2.37. The zero-order valence-corrected chi connectivity index (χ0v) is 13.0. The summed E-state index contributed by atoms with van der Waals surface area (Å²) in [5.74, 6) is 0.445. The SMILES string of the molecule is N=C(N)C1(NS(=O)(=O)CC2CCCCC2)CCCCC1. The minimum absolute atomic E-state index is 0.0237. The van der Waals surface area contributed by atoms with Gasteiger partial charge in [0.25, 0.3) is 0 Å². The van der Waals surface area contributed by atoms with Gasteiger partial charge in [0.1, 0.15) is 5.84 Å². The fourth-order valence-electron chi connectivity index (χ4n) is 3.59. The van der Waals surface area contributed by atoms with E-state index in [-0.39, 0.29) is 17.5 Å². The van der Waals surface area contributed by atoms with Crippen LogP contribution in [0.25, 0.3) is 0 Å². The van der Waals surface area contributed by atoms with Gasteiger partial charge in [-0.3, -0.25) is 5.41 Å². The number of hydrogen-bond donors (Lipinski definition) is 3. The predicted molar refractivity (Wildman–Crippen MR) is 81.2 cm³/mol. The van der Waals surface area contributed by atoms with Gasteiger partial charge in [-0.15, -0.1) is 0 Å². The molecule has 2 saturated carbocycles. The van der Waals surface area contributed by atoms with Gasteiger partial charge >= 0.3 is 0 Å². The Morgan fingerprint density at radius 1 is 1.10 bits per heavy atom. The van der Waals surface area contributed by atoms with Gasteiger partial charge in [-0.05, 0) is 31.6 Å². The van der Waals surface area contributed by atoms with E-state index in [0.29, 0.717) is 12.8 Å². The normalized spacial score (nSPS) is 24.4. The van der Waals surface area contributed by atoms with Crippen molar-refractivity contribution >= 4 is 15.9 Å². The predicted octanol–water partition coefficient (Wildman–Crippen LogP) is 2.12. The molecule has 0 bridgehead atoms. The van der Waals surface area contributed by atoms with Gasteiger partial charge in [-0.25, -0.2) is 13.1 Å². The van der Waals surface area contributed by atoms with E-state index in [1.165, 1.54) is 6.42 Å². The monoisotopic (exact) mass is 301 g/mol. The third-order valence-corrected chi connectivity index (χ3v) is 6.37. The van der Waals surface area contributed by atoms with Crippen molar-refractivity contribution in [2.75, 3.05) is 5.75 Å². The molecule has 4 N–H and O–H groups in total. The van der Waals surface area contributed by atoms with Crippen LogP contribution in [0.5, 0.6) is 0 Å². The van der Waals surface area contributed by atoms with E-state index in [0.717, 1.165) is 44.9 Å². The van der Waals surface area contributed by atoms with Crippen molar-refractivity contribution in [2.45, 2.75) is 69.7 Å². The molecule has 2 fully saturated rings. The Labute approximate surface area is 122 Å². The summed E-state index contributed by atoms with van der Waals surface area (Å²) in [6.07, 6.45) is 9.80. The number of hydrogen-bond acceptors (Lipinski definition) is 3. The van der Waals surface area contributed by atoms with Gasteiger partial charge in [-0.1, -0.05) is 38.5 Å². The molecule has 0 aromatic carbocycles. The summed E-state index contributed by atoms with van der Waals surface area (Å²) < 4.78 is 27.6. The summed E-state index contributed by atoms with van der Waals surface area (Å²) in [6.45, 7) is 0. The van der Waals surface area contributed by atoms with Gasteiger partial charge in [0.2, 0.25) is 10.0 Å². The van der Waals surface area contributed by atoms with Crippen molar-refractivity contribution in [1.29, 1.82) is 5.41 Å². The smallest absolute Gasteiger partial charge is 0.212 e. The zero-order chi connectivity index (χ0) is 14.6. The fraction of sp³-hybridized carbons (Fsp3) is 0.929. The second-order valence-corrected chi connectivity index (χ2v) is 8.21. The Balaban J connectivity index is 2.02. The molecule has 0 aromatic rings. The van der Waals surface area contributed by atoms with Crippen molar-refractivity contribution in [3.8, 4) is 0 Å². The average Bonchev–Trinajstić information content (AvgIpc) is 2.39. The molecule has 0 heterocycles. The maximum atomic E-state index is 12.4. The maximum absolute atomic E-state index is 12.4. The summed E-state index contributed by atoms with van der Waals surface area (Å²) in [4.78, 5) is 0. The van der Waals surface area contributed by atoms with Gasteiger partial charge in [0.05, 0.1) is 11.3 Å². The third kappa shape index (κ3) is 3.95. The summed E-state index contributed by atoms with van der Waals surface area (Å²) in [5.41, 5.74) is 4.89. The van der Waals surface area contributed by atoms with Gasteiger partial charge < -0.3 is 5.73 Å². The molecule has 20 heavy (non-hydrogen) atoms. The molecule has 0 saturated heterocycles. The summed E-state index contributed by atoms with van der Waals surface area (Å²) in [5, 5.41) is 7.79. The zero-order valence-electron chi connectivity index (χ0n) is 12.2. The van der Waals surface area contributed by atoms with Crippen LogP contribution in [0.1, 0.15) is 64.2 Å². The molecule has 0 atom stereocenters. The Morgan fingerprint density at radius 3 is 2.20 bits per heavy atom. The average molecular weight is 301 g/mol. The second-order valence-electron chi connectivity index (χ2n) is 6.44. The van der Waals surface area contributed by atoms with E-state index in [2.05, 4.69) is 4.72 Å². The highest BCUT2D eigenvalue weighted by molar-refractivity contribution is 7.89. The van der Waals surface area contributed by atoms with Gasteiger partial charge in [0.15, 0.2) is 0 Å². The minimum Gasteiger partial charge on any atom is -0.386 e. The number of nitrogens with one attached hydrogen (secondary N) is 2. The Bertz CT molecular complexity index is 435. The van der Waals surface area contributed by atoms with Crippen LogP contribution in [0.4, 0.5) is 0 Å². The van der Waals surface area contributed by atoms with Crippen molar-refractivity contribution in [3.05, 3.63) is 0 Å². The molecular weight excluding hydrogens is 274 g/mol. The third-order valence-electron chi connectivity index (χ3n) is 4.75. The van der Waals surface area contributed by atoms with Crippen molar-refractivity contribution in [2.24, 2.45) is 11.7 Å². The molecule has 2 aliphatic carbocycles. The Kier molecular flexibility index (Phi) is 5.07. The van der Waals surface area contributed by atoms with Crippen molar-refractivity contribution < 1.29 is 8.42 Å². The maximum Gasteiger partial charge on any atom is 0.212 e. The van der Waals surface area contributed by atoms with Gasteiger partial charge in [-0.2, -0.15) is 0 Å². The molecule has 0 spiro atoms. The largest absolute Gasteiger partial charge is 0.386 e. The van der Waals surface area contributed by atoms with Crippen LogP contribution in [-0.2, 0) is 10.0 Å². The molecular formula is C14H27N3O2S. The number of amidine groups is 1. The lowest BCUT2D eigenvalue weighted by atomic mass is 9.82. The Morgan fingerprint density at radius 2 is 1.65 bits per heavy atom. The van der Waals surface area contributed by atoms with Crippen LogP contribution in [0.3, 0.4) is 0 Å². The number of sulfonamides is 1. The lowest BCUT2D eigenvalue weighted by Crippen LogP contribution is -2.58. The first-order valence-electron chi connectivity index (χ1n) is 7.80. The quantitative estimate of drug-likeness (QED) is 0.536. The van der Waals surface area contributed by atoms with Crippen LogP contribution < -0.4 is 10.5 Å². The molecule has 6 heteroatoms. The van der Waals surface area contributed by atoms with E-state index in [9.17, 15) is 8.42 Å². The summed E-state index contributed by atoms with van der Waals surface area (Å²) in [6, 6.07) is 0. The highest BCUT2D eigenvalue weighted by atomic mass is 32.2. The summed E-state index contributed by atoms with van der Waals surface area (Å²) >= 11 is 0. The number of nitrogens with two attached hydrogens (primary N) is 1. The molecule has 0 unspecified atom stereocenters. The number of rotatable bonds is 5. The van der Waals surface area contributed by atoms with E-state index >= 15 is 0 Å². The van der Waals surface area contributed by atoms with Gasteiger partial charge in [0, 0.05) is 0 Å². The highest BCUT2D eigenvalue weighted by Gasteiger charge is 2.39. The molecule has 2 aliphatic rings. The highest BCUT2D eigenvalue weighted by Crippen LogP contribution is 2.30. The van der Waals surface area contributed by atoms with Crippen LogP contribution >= 0.6 is 0 Å². The van der Waals surface area contributed by atoms with E-state index in [4.69, 9.17) is 11.1 Å². The van der Waals surface area contributed by atoms with Crippen molar-refractivity contribution in [3.63, 3.8) is 0 Å². The molecule has 0 amide bonds. The first-order valence-corrected chi connectivity index (χ1v) is 9.45. The standard InChI is InChI=1S/C14H27N3O2S/c15-13(16)14(9-5-2-6-10-14)17-20(18,19)11-12-7-3-1-4-8-12/h12,17H,1-11H2,(H3,15,16). The van der Waals surface area contributed by atoms with Crippen molar-refractivity contribution in [1.82, 2.24) is 4.72 Å². The molecule has 0 aliphatic heterocycles. The second kappa shape index (κ2) is 6.43. The van der Waals surface area contributed by atoms with E-state index < -0.39 is 15.6 Å². The van der Waals surface area contributed by atoms with Crippen LogP contribution in [0.2, 0.25) is 0 Å².